The maximum Gasteiger partial charge on any atom is 0.227 e. The Bertz CT molecular complexity index is 708. The van der Waals surface area contributed by atoms with Crippen LogP contribution in [0.4, 0.5) is 4.39 Å². The second kappa shape index (κ2) is 7.58. The van der Waals surface area contributed by atoms with Crippen molar-refractivity contribution in [2.45, 2.75) is 19.9 Å². The van der Waals surface area contributed by atoms with E-state index in [9.17, 15) is 9.18 Å². The molecule has 1 aliphatic rings. The van der Waals surface area contributed by atoms with Crippen LogP contribution < -0.4 is 0 Å². The second-order valence-electron chi connectivity index (χ2n) is 6.41. The van der Waals surface area contributed by atoms with Crippen LogP contribution in [0.3, 0.4) is 0 Å². The van der Waals surface area contributed by atoms with Gasteiger partial charge in [-0.3, -0.25) is 9.69 Å². The van der Waals surface area contributed by atoms with Crippen LogP contribution in [0.15, 0.2) is 48.5 Å². The number of rotatable bonds is 4. The van der Waals surface area contributed by atoms with E-state index in [1.54, 1.807) is 18.2 Å². The third kappa shape index (κ3) is 4.20. The molecule has 126 valence electrons. The molecule has 1 heterocycles. The highest BCUT2D eigenvalue weighted by Crippen LogP contribution is 2.13. The van der Waals surface area contributed by atoms with Crippen LogP contribution in [0.1, 0.15) is 16.7 Å². The predicted octanol–water partition coefficient (Wildman–Crippen LogP) is 3.02. The summed E-state index contributed by atoms with van der Waals surface area (Å²) in [5.74, 6) is -0.292. The summed E-state index contributed by atoms with van der Waals surface area (Å²) in [6, 6.07) is 15.0. The third-order valence-corrected chi connectivity index (χ3v) is 4.51. The summed E-state index contributed by atoms with van der Waals surface area (Å²) in [5, 5.41) is 0. The molecule has 0 aliphatic carbocycles. The zero-order chi connectivity index (χ0) is 16.9. The number of hydrogen-bond acceptors (Lipinski definition) is 2. The lowest BCUT2D eigenvalue weighted by Crippen LogP contribution is -2.48. The fourth-order valence-electron chi connectivity index (χ4n) is 3.14. The lowest BCUT2D eigenvalue weighted by Gasteiger charge is -2.35. The van der Waals surface area contributed by atoms with Gasteiger partial charge >= 0.3 is 0 Å². The Hall–Kier alpha value is -2.20. The molecule has 2 aromatic carbocycles. The van der Waals surface area contributed by atoms with Gasteiger partial charge in [0.2, 0.25) is 5.91 Å². The number of aryl methyl sites for hydroxylation is 1. The van der Waals surface area contributed by atoms with Gasteiger partial charge in [0, 0.05) is 32.7 Å². The summed E-state index contributed by atoms with van der Waals surface area (Å²) >= 11 is 0. The molecule has 0 spiro atoms. The van der Waals surface area contributed by atoms with E-state index in [1.807, 2.05) is 4.90 Å². The molecule has 4 heteroatoms. The lowest BCUT2D eigenvalue weighted by molar-refractivity contribution is -0.132. The molecule has 24 heavy (non-hydrogen) atoms. The Morgan fingerprint density at radius 2 is 1.79 bits per heavy atom. The number of nitrogens with zero attached hydrogens (tertiary/aromatic N) is 2. The smallest absolute Gasteiger partial charge is 0.227 e. The van der Waals surface area contributed by atoms with Crippen LogP contribution in [-0.2, 0) is 17.8 Å². The van der Waals surface area contributed by atoms with Gasteiger partial charge in [0.1, 0.15) is 5.82 Å². The molecule has 0 aromatic heterocycles. The number of piperazine rings is 1. The van der Waals surface area contributed by atoms with Crippen molar-refractivity contribution in [3.8, 4) is 0 Å². The molecular weight excluding hydrogens is 303 g/mol. The van der Waals surface area contributed by atoms with Crippen molar-refractivity contribution in [3.63, 3.8) is 0 Å². The summed E-state index contributed by atoms with van der Waals surface area (Å²) in [6.07, 6.45) is 0.143. The number of benzene rings is 2. The van der Waals surface area contributed by atoms with Gasteiger partial charge in [-0.15, -0.1) is 0 Å². The van der Waals surface area contributed by atoms with Gasteiger partial charge in [-0.1, -0.05) is 48.0 Å². The maximum atomic E-state index is 13.7. The van der Waals surface area contributed by atoms with Crippen molar-refractivity contribution in [2.75, 3.05) is 26.2 Å². The lowest BCUT2D eigenvalue weighted by atomic mass is 10.1. The molecule has 0 N–H and O–H groups in total. The van der Waals surface area contributed by atoms with Crippen LogP contribution in [0.5, 0.6) is 0 Å². The highest BCUT2D eigenvalue weighted by Gasteiger charge is 2.21. The van der Waals surface area contributed by atoms with Gasteiger partial charge in [-0.05, 0) is 24.1 Å². The van der Waals surface area contributed by atoms with Crippen LogP contribution in [0.2, 0.25) is 0 Å². The van der Waals surface area contributed by atoms with Crippen LogP contribution in [0.25, 0.3) is 0 Å². The van der Waals surface area contributed by atoms with Gasteiger partial charge in [0.25, 0.3) is 0 Å². The molecule has 3 nitrogen and oxygen atoms in total. The van der Waals surface area contributed by atoms with Crippen molar-refractivity contribution in [3.05, 3.63) is 71.0 Å². The monoisotopic (exact) mass is 326 g/mol. The standard InChI is InChI=1S/C20H23FN2O/c1-16-5-4-6-17(13-16)15-22-9-11-23(12-10-22)20(24)14-18-7-2-3-8-19(18)21/h2-8,13H,9-12,14-15H2,1H3. The average molecular weight is 326 g/mol. The molecule has 0 unspecified atom stereocenters. The normalized spacial score (nSPS) is 15.5. The molecule has 3 rings (SSSR count). The molecule has 0 saturated carbocycles. The minimum atomic E-state index is -0.302. The molecule has 2 aromatic rings. The van der Waals surface area contributed by atoms with Gasteiger partial charge < -0.3 is 4.90 Å². The summed E-state index contributed by atoms with van der Waals surface area (Å²) in [4.78, 5) is 16.6. The summed E-state index contributed by atoms with van der Waals surface area (Å²) < 4.78 is 13.7. The summed E-state index contributed by atoms with van der Waals surface area (Å²) in [7, 11) is 0. The number of amides is 1. The van der Waals surface area contributed by atoms with E-state index >= 15 is 0 Å². The van der Waals surface area contributed by atoms with E-state index < -0.39 is 0 Å². The first-order valence-electron chi connectivity index (χ1n) is 8.41. The number of carbonyl (C=O) groups excluding carboxylic acids is 1. The van der Waals surface area contributed by atoms with Crippen LogP contribution in [-0.4, -0.2) is 41.9 Å². The molecule has 0 radical (unpaired) electrons. The molecule has 1 fully saturated rings. The number of halogens is 1. The first kappa shape index (κ1) is 16.7. The minimum Gasteiger partial charge on any atom is -0.340 e. The maximum absolute atomic E-state index is 13.7. The number of hydrogen-bond donors (Lipinski definition) is 0. The molecule has 1 amide bonds. The SMILES string of the molecule is Cc1cccc(CN2CCN(C(=O)Cc3ccccc3F)CC2)c1. The van der Waals surface area contributed by atoms with Crippen molar-refractivity contribution in [1.82, 2.24) is 9.80 Å². The first-order valence-corrected chi connectivity index (χ1v) is 8.41. The fourth-order valence-corrected chi connectivity index (χ4v) is 3.14. The predicted molar refractivity (Wildman–Crippen MR) is 93.1 cm³/mol. The fraction of sp³-hybridized carbons (Fsp3) is 0.350. The third-order valence-electron chi connectivity index (χ3n) is 4.51. The van der Waals surface area contributed by atoms with Crippen molar-refractivity contribution in [1.29, 1.82) is 0 Å². The Labute approximate surface area is 142 Å². The Morgan fingerprint density at radius 1 is 1.04 bits per heavy atom. The topological polar surface area (TPSA) is 23.6 Å². The Balaban J connectivity index is 1.51. The highest BCUT2D eigenvalue weighted by molar-refractivity contribution is 5.79. The molecule has 0 atom stereocenters. The number of carbonyl (C=O) groups is 1. The van der Waals surface area contributed by atoms with Gasteiger partial charge in [0.15, 0.2) is 0 Å². The largest absolute Gasteiger partial charge is 0.340 e. The quantitative estimate of drug-likeness (QED) is 0.862. The first-order chi connectivity index (χ1) is 11.6. The van der Waals surface area contributed by atoms with E-state index in [1.165, 1.54) is 17.2 Å². The Morgan fingerprint density at radius 3 is 2.50 bits per heavy atom. The van der Waals surface area contributed by atoms with E-state index in [2.05, 4.69) is 36.1 Å². The van der Waals surface area contributed by atoms with Gasteiger partial charge in [-0.2, -0.15) is 0 Å². The van der Waals surface area contributed by atoms with Crippen LogP contribution in [0, 0.1) is 12.7 Å². The average Bonchev–Trinajstić information content (AvgIpc) is 2.57. The van der Waals surface area contributed by atoms with E-state index in [4.69, 9.17) is 0 Å². The van der Waals surface area contributed by atoms with Gasteiger partial charge in [0.05, 0.1) is 6.42 Å². The second-order valence-corrected chi connectivity index (χ2v) is 6.41. The highest BCUT2D eigenvalue weighted by atomic mass is 19.1. The van der Waals surface area contributed by atoms with E-state index in [-0.39, 0.29) is 18.1 Å². The molecular formula is C20H23FN2O. The van der Waals surface area contributed by atoms with E-state index in [0.717, 1.165) is 19.6 Å². The molecule has 1 saturated heterocycles. The molecule has 0 bridgehead atoms. The van der Waals surface area contributed by atoms with Gasteiger partial charge in [-0.25, -0.2) is 4.39 Å². The molecule has 1 aliphatic heterocycles. The van der Waals surface area contributed by atoms with E-state index in [0.29, 0.717) is 18.7 Å². The zero-order valence-corrected chi connectivity index (χ0v) is 14.0. The van der Waals surface area contributed by atoms with Crippen molar-refractivity contribution in [2.24, 2.45) is 0 Å². The summed E-state index contributed by atoms with van der Waals surface area (Å²) in [5.41, 5.74) is 3.05. The van der Waals surface area contributed by atoms with Crippen LogP contribution >= 0.6 is 0 Å². The van der Waals surface area contributed by atoms with Crippen molar-refractivity contribution < 1.29 is 9.18 Å². The Kier molecular flexibility index (Phi) is 5.26. The van der Waals surface area contributed by atoms with Crippen molar-refractivity contribution >= 4 is 5.91 Å². The minimum absolute atomic E-state index is 0.00954. The summed E-state index contributed by atoms with van der Waals surface area (Å²) in [6.45, 7) is 6.14. The zero-order valence-electron chi connectivity index (χ0n) is 14.0.